The molecule has 0 aliphatic rings. The summed E-state index contributed by atoms with van der Waals surface area (Å²) < 4.78 is 0.853. The molecular weight excluding hydrogens is 265 g/mol. The maximum atomic E-state index is 10.6. The van der Waals surface area contributed by atoms with Crippen molar-refractivity contribution in [3.63, 3.8) is 0 Å². The fourth-order valence-electron chi connectivity index (χ4n) is 1.02. The molecule has 0 bridgehead atoms. The van der Waals surface area contributed by atoms with Crippen LogP contribution in [0.4, 0.5) is 5.69 Å². The van der Waals surface area contributed by atoms with Gasteiger partial charge in [-0.1, -0.05) is 0 Å². The fraction of sp³-hybridized carbons (Fsp3) is 0.222. The number of hydrogen-bond acceptors (Lipinski definition) is 2. The Balaban J connectivity index is 3.49. The van der Waals surface area contributed by atoms with E-state index in [1.807, 2.05) is 19.9 Å². The zero-order chi connectivity index (χ0) is 9.30. The highest BCUT2D eigenvalue weighted by Gasteiger charge is 2.07. The van der Waals surface area contributed by atoms with Crippen molar-refractivity contribution in [2.24, 2.45) is 0 Å². The molecule has 0 unspecified atom stereocenters. The second kappa shape index (κ2) is 3.43. The van der Waals surface area contributed by atoms with Gasteiger partial charge in [0, 0.05) is 14.8 Å². The van der Waals surface area contributed by atoms with Crippen LogP contribution in [0.3, 0.4) is 0 Å². The van der Waals surface area contributed by atoms with Crippen LogP contribution in [0, 0.1) is 17.4 Å². The van der Waals surface area contributed by atoms with Gasteiger partial charge in [-0.05, 0) is 53.6 Å². The van der Waals surface area contributed by atoms with E-state index in [2.05, 4.69) is 22.6 Å². The van der Waals surface area contributed by atoms with Crippen molar-refractivity contribution in [1.82, 2.24) is 0 Å². The second-order valence-corrected chi connectivity index (χ2v) is 3.83. The molecule has 0 saturated heterocycles. The lowest BCUT2D eigenvalue weighted by Crippen LogP contribution is -2.00. The van der Waals surface area contributed by atoms with Gasteiger partial charge >= 0.3 is 0 Å². The third-order valence-corrected chi connectivity index (χ3v) is 3.19. The van der Waals surface area contributed by atoms with Gasteiger partial charge in [0.05, 0.1) is 0 Å². The molecule has 2 nitrogen and oxygen atoms in total. The number of nitrogens with two attached hydrogens (primary N) is 1. The number of anilines is 1. The minimum atomic E-state index is 0.677. The third-order valence-electron chi connectivity index (χ3n) is 1.98. The maximum absolute atomic E-state index is 10.6. The molecular formula is C9H10INO. The summed E-state index contributed by atoms with van der Waals surface area (Å²) in [5.74, 6) is 0. The molecule has 0 spiro atoms. The second-order valence-electron chi connectivity index (χ2n) is 2.75. The summed E-state index contributed by atoms with van der Waals surface area (Å²) in [7, 11) is 0. The molecule has 2 N–H and O–H groups in total. The van der Waals surface area contributed by atoms with Crippen molar-refractivity contribution in [3.05, 3.63) is 26.3 Å². The summed E-state index contributed by atoms with van der Waals surface area (Å²) in [5.41, 5.74) is 9.31. The Morgan fingerprint density at radius 2 is 2.08 bits per heavy atom. The van der Waals surface area contributed by atoms with Gasteiger partial charge in [0.15, 0.2) is 6.29 Å². The number of halogens is 1. The van der Waals surface area contributed by atoms with Crippen molar-refractivity contribution >= 4 is 34.6 Å². The first-order valence-corrected chi connectivity index (χ1v) is 4.66. The first-order chi connectivity index (χ1) is 5.57. The fourth-order valence-corrected chi connectivity index (χ4v) is 1.71. The van der Waals surface area contributed by atoms with E-state index in [1.54, 1.807) is 0 Å². The molecule has 0 aromatic heterocycles. The lowest BCUT2D eigenvalue weighted by Gasteiger charge is -2.08. The van der Waals surface area contributed by atoms with E-state index in [1.165, 1.54) is 0 Å². The third kappa shape index (κ3) is 1.46. The van der Waals surface area contributed by atoms with Gasteiger partial charge in [-0.3, -0.25) is 4.79 Å². The number of rotatable bonds is 1. The van der Waals surface area contributed by atoms with Crippen LogP contribution in [0.1, 0.15) is 21.5 Å². The van der Waals surface area contributed by atoms with Crippen LogP contribution in [0.2, 0.25) is 0 Å². The Bertz CT molecular complexity index is 334. The molecule has 64 valence electrons. The molecule has 1 aromatic carbocycles. The molecule has 0 radical (unpaired) electrons. The molecule has 0 aliphatic heterocycles. The average molecular weight is 275 g/mol. The van der Waals surface area contributed by atoms with Crippen LogP contribution in [0.25, 0.3) is 0 Å². The summed E-state index contributed by atoms with van der Waals surface area (Å²) >= 11 is 2.09. The molecule has 0 fully saturated rings. The number of benzene rings is 1. The van der Waals surface area contributed by atoms with E-state index in [0.717, 1.165) is 26.7 Å². The topological polar surface area (TPSA) is 43.1 Å². The molecule has 0 atom stereocenters. The lowest BCUT2D eigenvalue weighted by molar-refractivity contribution is 0.112. The normalized spacial score (nSPS) is 9.92. The van der Waals surface area contributed by atoms with Gasteiger partial charge in [0.1, 0.15) is 0 Å². The number of carbonyl (C=O) groups is 1. The van der Waals surface area contributed by atoms with Crippen molar-refractivity contribution in [3.8, 4) is 0 Å². The molecule has 0 heterocycles. The first-order valence-electron chi connectivity index (χ1n) is 3.58. The number of carbonyl (C=O) groups excluding carboxylic acids is 1. The zero-order valence-corrected chi connectivity index (χ0v) is 9.18. The predicted octanol–water partition coefficient (Wildman–Crippen LogP) is 2.30. The van der Waals surface area contributed by atoms with Gasteiger partial charge < -0.3 is 5.73 Å². The van der Waals surface area contributed by atoms with Crippen LogP contribution in [-0.4, -0.2) is 6.29 Å². The van der Waals surface area contributed by atoms with E-state index in [0.29, 0.717) is 5.56 Å². The van der Waals surface area contributed by atoms with Crippen LogP contribution >= 0.6 is 22.6 Å². The van der Waals surface area contributed by atoms with Crippen LogP contribution in [0.5, 0.6) is 0 Å². The number of aldehydes is 1. The van der Waals surface area contributed by atoms with Crippen LogP contribution < -0.4 is 5.73 Å². The van der Waals surface area contributed by atoms with Gasteiger partial charge in [-0.15, -0.1) is 0 Å². The number of hydrogen-bond donors (Lipinski definition) is 1. The Kier molecular flexibility index (Phi) is 2.72. The molecule has 12 heavy (non-hydrogen) atoms. The van der Waals surface area contributed by atoms with E-state index in [4.69, 9.17) is 5.73 Å². The van der Waals surface area contributed by atoms with Gasteiger partial charge in [0.25, 0.3) is 0 Å². The molecule has 1 aromatic rings. The van der Waals surface area contributed by atoms with Gasteiger partial charge in [0.2, 0.25) is 0 Å². The molecule has 0 aliphatic carbocycles. The highest BCUT2D eigenvalue weighted by molar-refractivity contribution is 14.1. The van der Waals surface area contributed by atoms with Gasteiger partial charge in [-0.25, -0.2) is 0 Å². The Labute approximate surface area is 85.3 Å². The van der Waals surface area contributed by atoms with Crippen molar-refractivity contribution < 1.29 is 4.79 Å². The highest BCUT2D eigenvalue weighted by Crippen LogP contribution is 2.25. The zero-order valence-electron chi connectivity index (χ0n) is 7.02. The van der Waals surface area contributed by atoms with E-state index < -0.39 is 0 Å². The number of nitrogen functional groups attached to an aromatic ring is 1. The average Bonchev–Trinajstić information content (AvgIpc) is 2.08. The minimum Gasteiger partial charge on any atom is -0.398 e. The van der Waals surface area contributed by atoms with Crippen LogP contribution in [-0.2, 0) is 0 Å². The summed E-state index contributed by atoms with van der Waals surface area (Å²) in [4.78, 5) is 10.6. The summed E-state index contributed by atoms with van der Waals surface area (Å²) in [5, 5.41) is 0. The number of aryl methyl sites for hydroxylation is 1. The Morgan fingerprint density at radius 1 is 1.50 bits per heavy atom. The maximum Gasteiger partial charge on any atom is 0.151 e. The molecule has 0 amide bonds. The van der Waals surface area contributed by atoms with E-state index in [-0.39, 0.29) is 0 Å². The minimum absolute atomic E-state index is 0.677. The molecule has 3 heteroatoms. The van der Waals surface area contributed by atoms with E-state index in [9.17, 15) is 4.79 Å². The van der Waals surface area contributed by atoms with E-state index >= 15 is 0 Å². The first kappa shape index (κ1) is 9.51. The quantitative estimate of drug-likeness (QED) is 0.485. The predicted molar refractivity (Wildman–Crippen MR) is 58.4 cm³/mol. The summed E-state index contributed by atoms with van der Waals surface area (Å²) in [6, 6.07) is 1.86. The van der Waals surface area contributed by atoms with Crippen molar-refractivity contribution in [2.75, 3.05) is 5.73 Å². The Hall–Kier alpha value is -0.580. The standard InChI is InChI=1S/C9H10INO/c1-5-3-7(4-12)8(10)9(11)6(5)2/h3-4H,11H2,1-2H3. The molecule has 0 saturated carbocycles. The smallest absolute Gasteiger partial charge is 0.151 e. The van der Waals surface area contributed by atoms with Gasteiger partial charge in [-0.2, -0.15) is 0 Å². The highest BCUT2D eigenvalue weighted by atomic mass is 127. The summed E-state index contributed by atoms with van der Waals surface area (Å²) in [6.45, 7) is 3.91. The lowest BCUT2D eigenvalue weighted by atomic mass is 10.1. The molecule has 1 rings (SSSR count). The summed E-state index contributed by atoms with van der Waals surface area (Å²) in [6.07, 6.45) is 0.838. The SMILES string of the molecule is Cc1cc(C=O)c(I)c(N)c1C. The monoisotopic (exact) mass is 275 g/mol. The Morgan fingerprint density at radius 3 is 2.58 bits per heavy atom. The van der Waals surface area contributed by atoms with Crippen LogP contribution in [0.15, 0.2) is 6.07 Å². The van der Waals surface area contributed by atoms with Crippen molar-refractivity contribution in [1.29, 1.82) is 0 Å². The van der Waals surface area contributed by atoms with Crippen molar-refractivity contribution in [2.45, 2.75) is 13.8 Å². The largest absolute Gasteiger partial charge is 0.398 e.